The zero-order valence-corrected chi connectivity index (χ0v) is 17.2. The van der Waals surface area contributed by atoms with Crippen LogP contribution in [-0.4, -0.2) is 44.5 Å². The number of carbonyl (C=O) groups is 1. The van der Waals surface area contributed by atoms with Gasteiger partial charge in [0.05, 0.1) is 42.1 Å². The van der Waals surface area contributed by atoms with E-state index in [-0.39, 0.29) is 22.9 Å². The summed E-state index contributed by atoms with van der Waals surface area (Å²) in [6, 6.07) is -0.612. The van der Waals surface area contributed by atoms with Crippen molar-refractivity contribution in [2.24, 2.45) is 12.8 Å². The number of amides is 1. The lowest BCUT2D eigenvalue weighted by Gasteiger charge is -2.17. The van der Waals surface area contributed by atoms with E-state index in [0.29, 0.717) is 24.2 Å². The SMILES string of the molecule is Cn1ncc(NC(=O)c2csc(-c3c(F)cncc3F)n2)c1C1CCC(N)C(F)CO1. The van der Waals surface area contributed by atoms with Crippen LogP contribution in [0, 0.1) is 11.6 Å². The van der Waals surface area contributed by atoms with Crippen LogP contribution in [-0.2, 0) is 11.8 Å². The van der Waals surface area contributed by atoms with E-state index in [4.69, 9.17) is 10.5 Å². The molecule has 3 aromatic rings. The Morgan fingerprint density at radius 2 is 2.03 bits per heavy atom. The Labute approximate surface area is 179 Å². The summed E-state index contributed by atoms with van der Waals surface area (Å²) in [4.78, 5) is 20.2. The first-order valence-electron chi connectivity index (χ1n) is 9.44. The number of alkyl halides is 1. The van der Waals surface area contributed by atoms with Crippen LogP contribution in [0.15, 0.2) is 24.0 Å². The van der Waals surface area contributed by atoms with Crippen molar-refractivity contribution < 1.29 is 22.7 Å². The number of aromatic nitrogens is 4. The molecule has 1 amide bonds. The first kappa shape index (κ1) is 21.4. The zero-order chi connectivity index (χ0) is 22.1. The Balaban J connectivity index is 1.55. The van der Waals surface area contributed by atoms with Crippen molar-refractivity contribution in [2.75, 3.05) is 11.9 Å². The number of aryl methyl sites for hydroxylation is 1. The van der Waals surface area contributed by atoms with Crippen molar-refractivity contribution >= 4 is 22.9 Å². The molecule has 0 aliphatic carbocycles. The summed E-state index contributed by atoms with van der Waals surface area (Å²) < 4.78 is 49.0. The van der Waals surface area contributed by atoms with Gasteiger partial charge in [0.25, 0.3) is 5.91 Å². The lowest BCUT2D eigenvalue weighted by atomic mass is 10.0. The van der Waals surface area contributed by atoms with Crippen LogP contribution in [0.5, 0.6) is 0 Å². The molecule has 1 aliphatic rings. The average Bonchev–Trinajstić information content (AvgIpc) is 3.31. The monoisotopic (exact) mass is 452 g/mol. The topological polar surface area (TPSA) is 108 Å². The van der Waals surface area contributed by atoms with Gasteiger partial charge >= 0.3 is 0 Å². The van der Waals surface area contributed by atoms with Crippen molar-refractivity contribution in [1.29, 1.82) is 0 Å². The molecular formula is C19H19F3N6O2S. The van der Waals surface area contributed by atoms with Gasteiger partial charge in [0.1, 0.15) is 23.0 Å². The molecule has 31 heavy (non-hydrogen) atoms. The molecule has 3 N–H and O–H groups in total. The van der Waals surface area contributed by atoms with Crippen LogP contribution in [0.25, 0.3) is 10.6 Å². The Bertz CT molecular complexity index is 1070. The fourth-order valence-electron chi connectivity index (χ4n) is 3.38. The number of pyridine rings is 1. The molecule has 4 rings (SSSR count). The van der Waals surface area contributed by atoms with E-state index < -0.39 is 35.9 Å². The summed E-state index contributed by atoms with van der Waals surface area (Å²) in [5, 5.41) is 8.27. The molecule has 0 aromatic carbocycles. The molecule has 3 atom stereocenters. The van der Waals surface area contributed by atoms with Gasteiger partial charge in [0.15, 0.2) is 11.6 Å². The van der Waals surface area contributed by atoms with Crippen molar-refractivity contribution in [3.63, 3.8) is 0 Å². The average molecular weight is 452 g/mol. The summed E-state index contributed by atoms with van der Waals surface area (Å²) in [6.45, 7) is -0.150. The van der Waals surface area contributed by atoms with Crippen LogP contribution in [0.1, 0.15) is 35.1 Å². The maximum absolute atomic E-state index is 13.9. The van der Waals surface area contributed by atoms with Crippen molar-refractivity contribution in [2.45, 2.75) is 31.2 Å². The van der Waals surface area contributed by atoms with Crippen molar-refractivity contribution in [1.82, 2.24) is 19.7 Å². The van der Waals surface area contributed by atoms with Gasteiger partial charge in [-0.05, 0) is 12.8 Å². The number of nitrogens with one attached hydrogen (secondary N) is 1. The van der Waals surface area contributed by atoms with Crippen LogP contribution in [0.3, 0.4) is 0 Å². The van der Waals surface area contributed by atoms with Gasteiger partial charge in [-0.1, -0.05) is 0 Å². The van der Waals surface area contributed by atoms with Crippen LogP contribution < -0.4 is 11.1 Å². The number of halogens is 3. The van der Waals surface area contributed by atoms with E-state index in [0.717, 1.165) is 23.7 Å². The highest BCUT2D eigenvalue weighted by Gasteiger charge is 2.30. The van der Waals surface area contributed by atoms with E-state index in [9.17, 15) is 18.0 Å². The predicted molar refractivity (Wildman–Crippen MR) is 107 cm³/mol. The van der Waals surface area contributed by atoms with Crippen molar-refractivity contribution in [3.05, 3.63) is 47.0 Å². The number of ether oxygens (including phenoxy) is 1. The van der Waals surface area contributed by atoms with E-state index in [1.807, 2.05) is 0 Å². The normalized spacial score (nSPS) is 21.6. The highest BCUT2D eigenvalue weighted by Crippen LogP contribution is 2.33. The second kappa shape index (κ2) is 8.73. The molecule has 1 saturated heterocycles. The van der Waals surface area contributed by atoms with Gasteiger partial charge in [-0.25, -0.2) is 18.2 Å². The Hall–Kier alpha value is -2.83. The number of nitrogens with two attached hydrogens (primary N) is 1. The molecular weight excluding hydrogens is 433 g/mol. The number of hydrogen-bond donors (Lipinski definition) is 2. The fraction of sp³-hybridized carbons (Fsp3) is 0.368. The summed E-state index contributed by atoms with van der Waals surface area (Å²) in [6.07, 6.45) is 2.32. The maximum Gasteiger partial charge on any atom is 0.275 e. The van der Waals surface area contributed by atoms with Crippen LogP contribution >= 0.6 is 11.3 Å². The molecule has 1 aliphatic heterocycles. The minimum absolute atomic E-state index is 0.0157. The van der Waals surface area contributed by atoms with Crippen molar-refractivity contribution in [3.8, 4) is 10.6 Å². The Morgan fingerprint density at radius 3 is 2.77 bits per heavy atom. The molecule has 0 spiro atoms. The highest BCUT2D eigenvalue weighted by atomic mass is 32.1. The largest absolute Gasteiger partial charge is 0.369 e. The number of hydrogen-bond acceptors (Lipinski definition) is 7. The summed E-state index contributed by atoms with van der Waals surface area (Å²) in [7, 11) is 1.68. The van der Waals surface area contributed by atoms with E-state index in [1.165, 1.54) is 11.6 Å². The molecule has 1 fully saturated rings. The summed E-state index contributed by atoms with van der Waals surface area (Å²) in [5.41, 5.74) is 6.37. The number of nitrogens with zero attached hydrogens (tertiary/aromatic N) is 4. The second-order valence-electron chi connectivity index (χ2n) is 7.12. The minimum atomic E-state index is -1.27. The number of rotatable bonds is 4. The zero-order valence-electron chi connectivity index (χ0n) is 16.4. The van der Waals surface area contributed by atoms with Gasteiger partial charge < -0.3 is 15.8 Å². The predicted octanol–water partition coefficient (Wildman–Crippen LogP) is 2.99. The third-order valence-corrected chi connectivity index (χ3v) is 5.89. The van der Waals surface area contributed by atoms with Gasteiger partial charge in [0.2, 0.25) is 0 Å². The maximum atomic E-state index is 13.9. The molecule has 0 bridgehead atoms. The smallest absolute Gasteiger partial charge is 0.275 e. The third kappa shape index (κ3) is 4.31. The third-order valence-electron chi connectivity index (χ3n) is 5.03. The fourth-order valence-corrected chi connectivity index (χ4v) is 4.22. The summed E-state index contributed by atoms with van der Waals surface area (Å²) in [5.74, 6) is -2.32. The molecule has 0 saturated carbocycles. The summed E-state index contributed by atoms with van der Waals surface area (Å²) >= 11 is 0.930. The van der Waals surface area contributed by atoms with Gasteiger partial charge in [0, 0.05) is 18.5 Å². The molecule has 164 valence electrons. The Morgan fingerprint density at radius 1 is 1.29 bits per heavy atom. The Kier molecular flexibility index (Phi) is 6.03. The van der Waals surface area contributed by atoms with Gasteiger partial charge in [-0.2, -0.15) is 5.10 Å². The van der Waals surface area contributed by atoms with E-state index >= 15 is 0 Å². The molecule has 0 radical (unpaired) electrons. The van der Waals surface area contributed by atoms with E-state index in [2.05, 4.69) is 20.4 Å². The molecule has 3 aromatic heterocycles. The molecule has 3 unspecified atom stereocenters. The molecule has 4 heterocycles. The first-order valence-corrected chi connectivity index (χ1v) is 10.3. The van der Waals surface area contributed by atoms with Crippen LogP contribution in [0.4, 0.5) is 18.9 Å². The minimum Gasteiger partial charge on any atom is -0.369 e. The lowest BCUT2D eigenvalue weighted by molar-refractivity contribution is 0.0247. The first-order chi connectivity index (χ1) is 14.8. The van der Waals surface area contributed by atoms with Gasteiger partial charge in [-0.3, -0.25) is 14.5 Å². The van der Waals surface area contributed by atoms with Gasteiger partial charge in [-0.15, -0.1) is 11.3 Å². The standard InChI is InChI=1S/C19H19F3N6O2S/c1-28-17(15-3-2-12(23)11(22)7-30-15)13(6-25-28)26-18(29)14-8-31-19(27-14)16-9(20)4-24-5-10(16)21/h4-6,8,11-12,15H,2-3,7,23H2,1H3,(H,26,29). The van der Waals surface area contributed by atoms with Crippen LogP contribution in [0.2, 0.25) is 0 Å². The molecule has 8 nitrogen and oxygen atoms in total. The second-order valence-corrected chi connectivity index (χ2v) is 7.97. The number of anilines is 1. The van der Waals surface area contributed by atoms with E-state index in [1.54, 1.807) is 11.7 Å². The lowest BCUT2D eigenvalue weighted by Crippen LogP contribution is -2.32. The quantitative estimate of drug-likeness (QED) is 0.630. The molecule has 12 heteroatoms. The number of carbonyl (C=O) groups excluding carboxylic acids is 1. The highest BCUT2D eigenvalue weighted by molar-refractivity contribution is 7.13. The number of thiazole rings is 1.